The molecule has 0 heterocycles. The number of ether oxygens (including phenoxy) is 1. The Hall–Kier alpha value is -3.47. The zero-order valence-electron chi connectivity index (χ0n) is 26.6. The Morgan fingerprint density at radius 2 is 1.51 bits per heavy atom. The summed E-state index contributed by atoms with van der Waals surface area (Å²) in [7, 11) is -6.48. The highest BCUT2D eigenvalue weighted by Gasteiger charge is 2.41. The average molecular weight is 759 g/mol. The Labute approximate surface area is 281 Å². The number of halogens is 1. The monoisotopic (exact) mass is 758 g/mol. The maximum atomic E-state index is 14.1. The number of aryl methyl sites for hydroxylation is 1. The average Bonchev–Trinajstić information content (AvgIpc) is 2.98. The lowest BCUT2D eigenvalue weighted by Gasteiger charge is -2.38. The maximum absolute atomic E-state index is 14.1. The van der Waals surface area contributed by atoms with Gasteiger partial charge in [-0.05, 0) is 82.5 Å². The molecule has 0 aliphatic heterocycles. The molecule has 0 atom stereocenters. The molecular formula is C34H39IN2O6SSi. The number of rotatable bonds is 11. The molecule has 0 aliphatic rings. The summed E-state index contributed by atoms with van der Waals surface area (Å²) in [5.41, 5.74) is 6.07. The first-order chi connectivity index (χ1) is 21.1. The second kappa shape index (κ2) is 15.2. The van der Waals surface area contributed by atoms with Crippen LogP contribution in [0, 0.1) is 32.1 Å². The summed E-state index contributed by atoms with van der Waals surface area (Å²) in [4.78, 5) is 23.9. The lowest BCUT2D eigenvalue weighted by molar-refractivity contribution is -0.384. The highest BCUT2D eigenvalue weighted by molar-refractivity contribution is 14.1. The van der Waals surface area contributed by atoms with Crippen molar-refractivity contribution in [2.24, 2.45) is 0 Å². The molecule has 45 heavy (non-hydrogen) atoms. The summed E-state index contributed by atoms with van der Waals surface area (Å²) in [6.07, 6.45) is 1.37. The molecule has 0 radical (unpaired) electrons. The number of hydrogen-bond acceptors (Lipinski definition) is 6. The molecule has 0 saturated carbocycles. The van der Waals surface area contributed by atoms with Crippen LogP contribution in [0.3, 0.4) is 0 Å². The molecule has 3 aromatic carbocycles. The highest BCUT2D eigenvalue weighted by atomic mass is 127. The van der Waals surface area contributed by atoms with E-state index in [2.05, 4.69) is 75.6 Å². The summed E-state index contributed by atoms with van der Waals surface area (Å²) in [5.74, 6) is 2.71. The quantitative estimate of drug-likeness (QED) is 0.0484. The van der Waals surface area contributed by atoms with Gasteiger partial charge < -0.3 is 4.74 Å². The van der Waals surface area contributed by atoms with E-state index in [0.717, 1.165) is 13.4 Å². The number of anilines is 1. The van der Waals surface area contributed by atoms with Gasteiger partial charge in [-0.15, -0.1) is 5.54 Å². The number of benzene rings is 3. The molecule has 0 amide bonds. The van der Waals surface area contributed by atoms with E-state index >= 15 is 0 Å². The Kier molecular flexibility index (Phi) is 12.2. The minimum atomic E-state index is -4.21. The summed E-state index contributed by atoms with van der Waals surface area (Å²) < 4.78 is 35.8. The molecule has 8 nitrogen and oxygen atoms in total. The lowest BCUT2D eigenvalue weighted by atomic mass is 10.2. The third-order valence-electron chi connectivity index (χ3n) is 7.92. The molecule has 0 aromatic heterocycles. The van der Waals surface area contributed by atoms with Crippen LogP contribution >= 0.6 is 22.6 Å². The number of nitrogens with zero attached hydrogens (tertiary/aromatic N) is 2. The van der Waals surface area contributed by atoms with Crippen LogP contribution in [0.15, 0.2) is 89.5 Å². The number of sulfonamides is 1. The van der Waals surface area contributed by atoms with E-state index in [1.807, 2.05) is 13.0 Å². The first-order valence-corrected chi connectivity index (χ1v) is 19.4. The molecule has 0 bridgehead atoms. The number of nitro groups is 1. The summed E-state index contributed by atoms with van der Waals surface area (Å²) in [5, 5.41) is 11.3. The van der Waals surface area contributed by atoms with Gasteiger partial charge in [-0.1, -0.05) is 77.3 Å². The van der Waals surface area contributed by atoms with E-state index in [4.69, 9.17) is 4.74 Å². The van der Waals surface area contributed by atoms with Crippen LogP contribution in [0.2, 0.25) is 16.6 Å². The third-order valence-corrected chi connectivity index (χ3v) is 16.9. The van der Waals surface area contributed by atoms with Crippen LogP contribution < -0.4 is 4.31 Å². The van der Waals surface area contributed by atoms with Crippen LogP contribution in [0.4, 0.5) is 11.4 Å². The zero-order chi connectivity index (χ0) is 33.5. The largest absolute Gasteiger partial charge is 0.456 e. The van der Waals surface area contributed by atoms with Gasteiger partial charge >= 0.3 is 5.97 Å². The molecule has 0 aliphatic carbocycles. The predicted octanol–water partition coefficient (Wildman–Crippen LogP) is 8.67. The lowest BCUT2D eigenvalue weighted by Crippen LogP contribution is -2.43. The molecule has 3 rings (SSSR count). The summed E-state index contributed by atoms with van der Waals surface area (Å²) >= 11 is 2.06. The van der Waals surface area contributed by atoms with Crippen LogP contribution in [0.1, 0.15) is 57.5 Å². The standard InChI is InChI=1S/C34H39IN2O6SSi/c1-24(2)45(25(3)4,26(5)6)21-20-28(23-43-34(38)32-10-8-9-11-33(32)35)22-36(29-14-16-30(17-15-29)37(39)40)44(41,42)31-18-12-27(7)13-19-31/h8-19,22,24-26H,23H2,1-7H3/b28-22+. The Bertz CT molecular complexity index is 1700. The smallest absolute Gasteiger partial charge is 0.339 e. The van der Waals surface area contributed by atoms with E-state index in [9.17, 15) is 23.3 Å². The van der Waals surface area contributed by atoms with Crippen molar-refractivity contribution < 1.29 is 22.9 Å². The van der Waals surface area contributed by atoms with E-state index in [-0.39, 0.29) is 28.5 Å². The number of carbonyl (C=O) groups is 1. The minimum absolute atomic E-state index is 0.0288. The Morgan fingerprint density at radius 3 is 2.02 bits per heavy atom. The third kappa shape index (κ3) is 8.42. The van der Waals surface area contributed by atoms with E-state index in [1.165, 1.54) is 42.6 Å². The van der Waals surface area contributed by atoms with Crippen molar-refractivity contribution in [3.8, 4) is 11.5 Å². The number of carbonyl (C=O) groups excluding carboxylic acids is 1. The zero-order valence-corrected chi connectivity index (χ0v) is 30.5. The van der Waals surface area contributed by atoms with Gasteiger partial charge in [-0.2, -0.15) is 0 Å². The molecule has 11 heteroatoms. The van der Waals surface area contributed by atoms with Gasteiger partial charge in [0, 0.05) is 21.9 Å². The molecule has 238 valence electrons. The number of non-ortho nitro benzene ring substituents is 1. The Morgan fingerprint density at radius 1 is 0.956 bits per heavy atom. The number of nitro benzene ring substituents is 1. The first-order valence-electron chi connectivity index (χ1n) is 14.6. The van der Waals surface area contributed by atoms with E-state index in [1.54, 1.807) is 30.3 Å². The summed E-state index contributed by atoms with van der Waals surface area (Å²) in [6, 6.07) is 18.7. The van der Waals surface area contributed by atoms with Gasteiger partial charge in [0.15, 0.2) is 0 Å². The molecule has 0 N–H and O–H groups in total. The van der Waals surface area contributed by atoms with Crippen molar-refractivity contribution >= 4 is 58.0 Å². The van der Waals surface area contributed by atoms with Gasteiger partial charge in [0.05, 0.1) is 26.6 Å². The summed E-state index contributed by atoms with van der Waals surface area (Å²) in [6.45, 7) is 14.6. The molecule has 0 fully saturated rings. The number of hydrogen-bond donors (Lipinski definition) is 0. The molecule has 0 unspecified atom stereocenters. The van der Waals surface area contributed by atoms with E-state index < -0.39 is 29.0 Å². The topological polar surface area (TPSA) is 107 Å². The fourth-order valence-electron chi connectivity index (χ4n) is 5.54. The van der Waals surface area contributed by atoms with Gasteiger partial charge in [0.25, 0.3) is 15.7 Å². The fraction of sp³-hybridized carbons (Fsp3) is 0.324. The molecule has 0 spiro atoms. The van der Waals surface area contributed by atoms with Gasteiger partial charge in [-0.3, -0.25) is 10.1 Å². The van der Waals surface area contributed by atoms with Crippen LogP contribution in [0.5, 0.6) is 0 Å². The van der Waals surface area contributed by atoms with Gasteiger partial charge in [-0.25, -0.2) is 17.5 Å². The minimum Gasteiger partial charge on any atom is -0.456 e. The van der Waals surface area contributed by atoms with Gasteiger partial charge in [0.2, 0.25) is 0 Å². The fourth-order valence-corrected chi connectivity index (χ4v) is 12.8. The van der Waals surface area contributed by atoms with Crippen molar-refractivity contribution in [1.82, 2.24) is 0 Å². The predicted molar refractivity (Wildman–Crippen MR) is 190 cm³/mol. The SMILES string of the molecule is Cc1ccc(S(=O)(=O)N(/C=C(\C#C[Si](C(C)C)(C(C)C)C(C)C)COC(=O)c2ccccc2I)c2ccc([N+](=O)[O-])cc2)cc1. The molecule has 0 saturated heterocycles. The molecular weight excluding hydrogens is 719 g/mol. The van der Waals surface area contributed by atoms with Crippen molar-refractivity contribution in [3.05, 3.63) is 109 Å². The van der Waals surface area contributed by atoms with Crippen molar-refractivity contribution in [1.29, 1.82) is 0 Å². The first kappa shape index (κ1) is 36.0. The van der Waals surface area contributed by atoms with Crippen molar-refractivity contribution in [3.63, 3.8) is 0 Å². The highest BCUT2D eigenvalue weighted by Crippen LogP contribution is 2.41. The van der Waals surface area contributed by atoms with Crippen LogP contribution in [-0.2, 0) is 14.8 Å². The van der Waals surface area contributed by atoms with Crippen molar-refractivity contribution in [2.75, 3.05) is 10.9 Å². The number of esters is 1. The van der Waals surface area contributed by atoms with E-state index in [0.29, 0.717) is 22.2 Å². The molecule has 3 aromatic rings. The van der Waals surface area contributed by atoms with Crippen molar-refractivity contribution in [2.45, 2.75) is 70.0 Å². The Balaban J connectivity index is 2.25. The van der Waals surface area contributed by atoms with Gasteiger partial charge in [0.1, 0.15) is 14.7 Å². The van der Waals surface area contributed by atoms with Crippen LogP contribution in [0.25, 0.3) is 0 Å². The van der Waals surface area contributed by atoms with Crippen LogP contribution in [-0.4, -0.2) is 34.0 Å². The second-order valence-corrected chi connectivity index (χ2v) is 20.3. The maximum Gasteiger partial charge on any atom is 0.339 e. The second-order valence-electron chi connectivity index (χ2n) is 11.7. The normalized spacial score (nSPS) is 12.2.